The van der Waals surface area contributed by atoms with Crippen molar-refractivity contribution in [2.45, 2.75) is 56.0 Å². The van der Waals surface area contributed by atoms with Gasteiger partial charge in [-0.25, -0.2) is 0 Å². The normalized spacial score (nSPS) is 26.7. The van der Waals surface area contributed by atoms with E-state index in [-0.39, 0.29) is 29.7 Å². The lowest BCUT2D eigenvalue weighted by Crippen LogP contribution is -2.54. The van der Waals surface area contributed by atoms with E-state index >= 15 is 0 Å². The minimum atomic E-state index is -1.20. The molecule has 1 aliphatic heterocycles. The van der Waals surface area contributed by atoms with Gasteiger partial charge in [0.25, 0.3) is 5.56 Å². The molecule has 0 radical (unpaired) electrons. The van der Waals surface area contributed by atoms with Gasteiger partial charge < -0.3 is 14.9 Å². The van der Waals surface area contributed by atoms with Gasteiger partial charge in [0.2, 0.25) is 0 Å². The smallest absolute Gasteiger partial charge is 0.265 e. The average molecular weight is 447 g/mol. The largest absolute Gasteiger partial charge is 0.390 e. The van der Waals surface area contributed by atoms with E-state index in [2.05, 4.69) is 4.98 Å². The van der Waals surface area contributed by atoms with Crippen LogP contribution in [-0.4, -0.2) is 43.4 Å². The van der Waals surface area contributed by atoms with Crippen LogP contribution in [0.5, 0.6) is 0 Å². The van der Waals surface area contributed by atoms with Crippen molar-refractivity contribution >= 4 is 5.78 Å². The van der Waals surface area contributed by atoms with Crippen molar-refractivity contribution in [3.05, 3.63) is 94.2 Å². The monoisotopic (exact) mass is 446 g/mol. The van der Waals surface area contributed by atoms with Crippen LogP contribution in [0.1, 0.15) is 53.3 Å². The number of pyridine rings is 2. The molecule has 2 aliphatic rings. The topological polar surface area (TPSA) is 102 Å². The molecule has 0 unspecified atom stereocenters. The lowest BCUT2D eigenvalue weighted by atomic mass is 9.83. The third-order valence-electron chi connectivity index (χ3n) is 6.87. The Morgan fingerprint density at radius 1 is 1.18 bits per heavy atom. The Morgan fingerprint density at radius 3 is 2.82 bits per heavy atom. The minimum Gasteiger partial charge on any atom is -0.390 e. The van der Waals surface area contributed by atoms with E-state index < -0.39 is 23.9 Å². The van der Waals surface area contributed by atoms with Gasteiger partial charge in [-0.15, -0.1) is 0 Å². The molecule has 7 heteroatoms. The molecule has 5 rings (SSSR count). The summed E-state index contributed by atoms with van der Waals surface area (Å²) < 4.78 is 7.64. The van der Waals surface area contributed by atoms with Gasteiger partial charge >= 0.3 is 0 Å². The fraction of sp³-hybridized carbons (Fsp3) is 0.346. The summed E-state index contributed by atoms with van der Waals surface area (Å²) in [5.41, 5.74) is 0.619. The Labute approximate surface area is 191 Å². The number of aliphatic hydroxyl groups is 2. The molecule has 1 saturated heterocycles. The zero-order chi connectivity index (χ0) is 23.0. The summed E-state index contributed by atoms with van der Waals surface area (Å²) in [5, 5.41) is 21.4. The fourth-order valence-electron chi connectivity index (χ4n) is 5.08. The molecular formula is C26H26N2O5. The average Bonchev–Trinajstić information content (AvgIpc) is 3.22. The number of Topliss-reactive ketones (excluding diaryl/α,β-unsaturated/α-hetero) is 1. The lowest BCUT2D eigenvalue weighted by molar-refractivity contribution is -0.215. The summed E-state index contributed by atoms with van der Waals surface area (Å²) in [6, 6.07) is 14.2. The standard InChI is InChI=1S/C26H26N2O5/c29-21(20-8-5-13-28(25(20)31)18-6-2-1-3-7-18)14-17-16-27-12-10-19(17)22-15-23(30)26(32)11-4-9-24(26)33-22/h1-3,5-8,10,12-13,16,22-24,30,32H,4,9,11,14-15H2/t22-,23-,24-,26+/m1/s1. The summed E-state index contributed by atoms with van der Waals surface area (Å²) in [5.74, 6) is -0.312. The van der Waals surface area contributed by atoms with Gasteiger partial charge in [0.05, 0.1) is 23.9 Å². The van der Waals surface area contributed by atoms with Gasteiger partial charge in [-0.2, -0.15) is 0 Å². The number of hydrogen-bond acceptors (Lipinski definition) is 6. The van der Waals surface area contributed by atoms with Crippen molar-refractivity contribution in [2.24, 2.45) is 0 Å². The number of ether oxygens (including phenoxy) is 1. The highest BCUT2D eigenvalue weighted by Gasteiger charge is 2.52. The maximum Gasteiger partial charge on any atom is 0.265 e. The first kappa shape index (κ1) is 21.7. The second kappa shape index (κ2) is 8.67. The van der Waals surface area contributed by atoms with Gasteiger partial charge in [-0.05, 0) is 60.7 Å². The molecule has 0 amide bonds. The maximum absolute atomic E-state index is 13.2. The van der Waals surface area contributed by atoms with Gasteiger partial charge in [-0.1, -0.05) is 18.2 Å². The Hall–Kier alpha value is -3.13. The van der Waals surface area contributed by atoms with E-state index in [4.69, 9.17) is 4.74 Å². The highest BCUT2D eigenvalue weighted by Crippen LogP contribution is 2.45. The second-order valence-corrected chi connectivity index (χ2v) is 8.86. The molecule has 4 atom stereocenters. The summed E-state index contributed by atoms with van der Waals surface area (Å²) >= 11 is 0. The summed E-state index contributed by atoms with van der Waals surface area (Å²) in [6.07, 6.45) is 5.33. The van der Waals surface area contributed by atoms with Gasteiger partial charge in [0, 0.05) is 37.1 Å². The zero-order valence-electron chi connectivity index (χ0n) is 18.1. The molecule has 170 valence electrons. The van der Waals surface area contributed by atoms with Crippen LogP contribution in [0.25, 0.3) is 5.69 Å². The molecule has 0 bridgehead atoms. The van der Waals surface area contributed by atoms with Crippen LogP contribution >= 0.6 is 0 Å². The first-order chi connectivity index (χ1) is 16.0. The Morgan fingerprint density at radius 2 is 2.00 bits per heavy atom. The van der Waals surface area contributed by atoms with Crippen LogP contribution in [0.2, 0.25) is 0 Å². The molecule has 1 aromatic carbocycles. The summed E-state index contributed by atoms with van der Waals surface area (Å²) in [4.78, 5) is 30.4. The Bertz CT molecular complexity index is 1220. The van der Waals surface area contributed by atoms with Crippen molar-refractivity contribution in [1.29, 1.82) is 0 Å². The van der Waals surface area contributed by atoms with E-state index in [1.807, 2.05) is 30.3 Å². The number of carbonyl (C=O) groups is 1. The second-order valence-electron chi connectivity index (χ2n) is 8.86. The summed E-state index contributed by atoms with van der Waals surface area (Å²) in [7, 11) is 0. The number of hydrogen-bond donors (Lipinski definition) is 2. The number of benzene rings is 1. The van der Waals surface area contributed by atoms with Crippen LogP contribution in [-0.2, 0) is 11.2 Å². The number of aliphatic hydroxyl groups excluding tert-OH is 1. The van der Waals surface area contributed by atoms with Crippen LogP contribution in [0.3, 0.4) is 0 Å². The van der Waals surface area contributed by atoms with E-state index in [0.29, 0.717) is 24.1 Å². The van der Waals surface area contributed by atoms with E-state index in [9.17, 15) is 19.8 Å². The number of fused-ring (bicyclic) bond motifs is 1. The quantitative estimate of drug-likeness (QED) is 0.585. The molecule has 7 nitrogen and oxygen atoms in total. The molecule has 0 spiro atoms. The van der Waals surface area contributed by atoms with Crippen LogP contribution in [0, 0.1) is 0 Å². The van der Waals surface area contributed by atoms with E-state index in [0.717, 1.165) is 12.0 Å². The van der Waals surface area contributed by atoms with Crippen LogP contribution in [0.4, 0.5) is 0 Å². The van der Waals surface area contributed by atoms with Crippen molar-refractivity contribution in [3.63, 3.8) is 0 Å². The minimum absolute atomic E-state index is 0.0118. The Kier molecular flexibility index (Phi) is 5.70. The number of aromatic nitrogens is 2. The molecule has 2 fully saturated rings. The predicted octanol–water partition coefficient (Wildman–Crippen LogP) is 2.76. The molecule has 33 heavy (non-hydrogen) atoms. The van der Waals surface area contributed by atoms with E-state index in [1.54, 1.807) is 36.8 Å². The molecule has 3 heterocycles. The molecule has 1 saturated carbocycles. The zero-order valence-corrected chi connectivity index (χ0v) is 18.1. The molecule has 1 aliphatic carbocycles. The molecule has 2 N–H and O–H groups in total. The predicted molar refractivity (Wildman–Crippen MR) is 121 cm³/mol. The SMILES string of the molecule is O=C(Cc1cnccc1[C@H]1C[C@@H](O)[C@@]2(O)CCC[C@H]2O1)c1cccn(-c2ccccc2)c1=O. The van der Waals surface area contributed by atoms with Crippen LogP contribution in [0.15, 0.2) is 71.9 Å². The lowest BCUT2D eigenvalue weighted by Gasteiger charge is -2.43. The number of ketones is 1. The number of nitrogens with zero attached hydrogens (tertiary/aromatic N) is 2. The number of rotatable bonds is 5. The van der Waals surface area contributed by atoms with Crippen molar-refractivity contribution in [2.75, 3.05) is 0 Å². The number of carbonyl (C=O) groups excluding carboxylic acids is 1. The third kappa shape index (κ3) is 3.93. The number of para-hydroxylation sites is 1. The van der Waals surface area contributed by atoms with Gasteiger partial charge in [0.15, 0.2) is 5.78 Å². The summed E-state index contributed by atoms with van der Waals surface area (Å²) in [6.45, 7) is 0. The van der Waals surface area contributed by atoms with Crippen LogP contribution < -0.4 is 5.56 Å². The van der Waals surface area contributed by atoms with E-state index in [1.165, 1.54) is 4.57 Å². The maximum atomic E-state index is 13.2. The molecule has 2 aromatic heterocycles. The Balaban J connectivity index is 1.42. The van der Waals surface area contributed by atoms with Crippen molar-refractivity contribution in [3.8, 4) is 5.69 Å². The first-order valence-electron chi connectivity index (χ1n) is 11.3. The molecular weight excluding hydrogens is 420 g/mol. The van der Waals surface area contributed by atoms with Crippen molar-refractivity contribution < 1.29 is 19.7 Å². The van der Waals surface area contributed by atoms with Crippen molar-refractivity contribution in [1.82, 2.24) is 9.55 Å². The fourth-order valence-corrected chi connectivity index (χ4v) is 5.08. The first-order valence-corrected chi connectivity index (χ1v) is 11.3. The highest BCUT2D eigenvalue weighted by atomic mass is 16.5. The third-order valence-corrected chi connectivity index (χ3v) is 6.87. The molecule has 3 aromatic rings. The highest BCUT2D eigenvalue weighted by molar-refractivity contribution is 5.97. The van der Waals surface area contributed by atoms with Gasteiger partial charge in [-0.3, -0.25) is 19.1 Å². The van der Waals surface area contributed by atoms with Gasteiger partial charge in [0.1, 0.15) is 5.60 Å².